The number of hydrogen-bond donors (Lipinski definition) is 1. The lowest BCUT2D eigenvalue weighted by molar-refractivity contribution is 0.0930. The highest BCUT2D eigenvalue weighted by atomic mass is 32.1. The Morgan fingerprint density at radius 2 is 2.00 bits per heavy atom. The van der Waals surface area contributed by atoms with Gasteiger partial charge in [-0.25, -0.2) is 0 Å². The number of aromatic nitrogens is 2. The number of benzene rings is 1. The maximum Gasteiger partial charge on any atom is 0.273 e. The van der Waals surface area contributed by atoms with Gasteiger partial charge in [0, 0.05) is 18.5 Å². The van der Waals surface area contributed by atoms with E-state index in [1.807, 2.05) is 54.8 Å². The quantitative estimate of drug-likeness (QED) is 0.425. The zero-order chi connectivity index (χ0) is 21.6. The van der Waals surface area contributed by atoms with Crippen LogP contribution in [0.4, 0.5) is 0 Å². The van der Waals surface area contributed by atoms with E-state index in [9.17, 15) is 4.79 Å². The molecule has 1 aromatic carbocycles. The van der Waals surface area contributed by atoms with E-state index >= 15 is 0 Å². The number of pyridine rings is 1. The van der Waals surface area contributed by atoms with Crippen LogP contribution in [0.1, 0.15) is 34.6 Å². The minimum Gasteiger partial charge on any atom is -0.493 e. The van der Waals surface area contributed by atoms with Crippen LogP contribution >= 0.6 is 11.3 Å². The Morgan fingerprint density at radius 3 is 2.74 bits per heavy atom. The molecule has 0 aliphatic heterocycles. The maximum atomic E-state index is 12.6. The smallest absolute Gasteiger partial charge is 0.273 e. The van der Waals surface area contributed by atoms with Gasteiger partial charge in [0.25, 0.3) is 5.91 Å². The van der Waals surface area contributed by atoms with Crippen molar-refractivity contribution in [3.05, 3.63) is 83.1 Å². The summed E-state index contributed by atoms with van der Waals surface area (Å²) >= 11 is 1.53. The maximum absolute atomic E-state index is 12.6. The number of nitrogens with one attached hydrogen (secondary N) is 1. The molecule has 0 radical (unpaired) electrons. The molecule has 0 fully saturated rings. The molecule has 0 aliphatic carbocycles. The second kappa shape index (κ2) is 9.44. The van der Waals surface area contributed by atoms with E-state index in [1.54, 1.807) is 25.6 Å². The molecule has 31 heavy (non-hydrogen) atoms. The van der Waals surface area contributed by atoms with Gasteiger partial charge in [-0.2, -0.15) is 0 Å². The van der Waals surface area contributed by atoms with Crippen LogP contribution in [0.15, 0.2) is 70.8 Å². The Kier molecular flexibility index (Phi) is 6.28. The average Bonchev–Trinajstić information content (AvgIpc) is 3.50. The average molecular weight is 436 g/mol. The van der Waals surface area contributed by atoms with E-state index in [2.05, 4.69) is 15.5 Å². The van der Waals surface area contributed by atoms with Crippen molar-refractivity contribution >= 4 is 17.2 Å². The van der Waals surface area contributed by atoms with Crippen LogP contribution in [0.5, 0.6) is 11.5 Å². The molecule has 8 heteroatoms. The molecule has 158 valence electrons. The second-order valence-corrected chi connectivity index (χ2v) is 7.75. The van der Waals surface area contributed by atoms with Crippen molar-refractivity contribution in [1.82, 2.24) is 15.5 Å². The molecule has 0 spiro atoms. The lowest BCUT2D eigenvalue weighted by Gasteiger charge is -2.16. The summed E-state index contributed by atoms with van der Waals surface area (Å²) in [6.45, 7) is 2.30. The van der Waals surface area contributed by atoms with E-state index in [-0.39, 0.29) is 17.6 Å². The molecular formula is C23H21N3O4S. The number of amides is 1. The van der Waals surface area contributed by atoms with Gasteiger partial charge in [-0.3, -0.25) is 9.78 Å². The number of carbonyl (C=O) groups excluding carboxylic acids is 1. The first-order valence-electron chi connectivity index (χ1n) is 9.65. The molecule has 7 nitrogen and oxygen atoms in total. The highest BCUT2D eigenvalue weighted by Crippen LogP contribution is 2.31. The van der Waals surface area contributed by atoms with Gasteiger partial charge >= 0.3 is 0 Å². The highest BCUT2D eigenvalue weighted by Gasteiger charge is 2.18. The van der Waals surface area contributed by atoms with Crippen LogP contribution in [0.2, 0.25) is 0 Å². The predicted octanol–water partition coefficient (Wildman–Crippen LogP) is 4.88. The normalized spacial score (nSPS) is 11.7. The summed E-state index contributed by atoms with van der Waals surface area (Å²) in [5.74, 6) is 1.48. The van der Waals surface area contributed by atoms with E-state index in [0.29, 0.717) is 23.9 Å². The number of rotatable bonds is 8. The molecule has 4 rings (SSSR count). The minimum atomic E-state index is -0.309. The van der Waals surface area contributed by atoms with Crippen molar-refractivity contribution in [2.24, 2.45) is 0 Å². The number of methoxy groups -OCH3 is 1. The first-order valence-corrected chi connectivity index (χ1v) is 10.5. The molecule has 1 atom stereocenters. The number of carbonyl (C=O) groups is 1. The number of thiophene rings is 1. The van der Waals surface area contributed by atoms with Crippen LogP contribution < -0.4 is 14.8 Å². The third kappa shape index (κ3) is 4.92. The Labute approximate surface area is 183 Å². The number of hydrogen-bond acceptors (Lipinski definition) is 7. The Balaban J connectivity index is 1.42. The summed E-state index contributed by atoms with van der Waals surface area (Å²) in [7, 11) is 1.59. The fourth-order valence-corrected chi connectivity index (χ4v) is 3.66. The molecule has 4 aromatic rings. The number of ether oxygens (including phenoxy) is 2. The standard InChI is InChI=1S/C23H21N3O4S/c1-15(25-23(27)18-13-21(30-26-18)22-4-3-11-31-22)17-5-6-19(20(12-17)28-2)29-14-16-7-9-24-10-8-16/h3-13,15H,14H2,1-2H3,(H,25,27). The third-order valence-electron chi connectivity index (χ3n) is 4.69. The SMILES string of the molecule is COc1cc(C(C)NC(=O)c2cc(-c3cccs3)on2)ccc1OCc1ccncc1. The van der Waals surface area contributed by atoms with E-state index in [0.717, 1.165) is 16.0 Å². The van der Waals surface area contributed by atoms with Gasteiger partial charge in [0.2, 0.25) is 0 Å². The van der Waals surface area contributed by atoms with Crippen LogP contribution in [0.3, 0.4) is 0 Å². The Bertz CT molecular complexity index is 1140. The molecular weight excluding hydrogens is 414 g/mol. The van der Waals surface area contributed by atoms with Crippen LogP contribution in [-0.2, 0) is 6.61 Å². The third-order valence-corrected chi connectivity index (χ3v) is 5.57. The van der Waals surface area contributed by atoms with Crippen molar-refractivity contribution in [2.45, 2.75) is 19.6 Å². The zero-order valence-corrected chi connectivity index (χ0v) is 17.9. The van der Waals surface area contributed by atoms with Crippen molar-refractivity contribution in [3.8, 4) is 22.1 Å². The monoisotopic (exact) mass is 435 g/mol. The largest absolute Gasteiger partial charge is 0.493 e. The molecule has 3 aromatic heterocycles. The molecule has 0 saturated carbocycles. The highest BCUT2D eigenvalue weighted by molar-refractivity contribution is 7.13. The van der Waals surface area contributed by atoms with Gasteiger partial charge in [0.15, 0.2) is 23.0 Å². The summed E-state index contributed by atoms with van der Waals surface area (Å²) in [5, 5.41) is 8.77. The van der Waals surface area contributed by atoms with Gasteiger partial charge < -0.3 is 19.3 Å². The molecule has 0 bridgehead atoms. The first kappa shape index (κ1) is 20.6. The lowest BCUT2D eigenvalue weighted by Crippen LogP contribution is -2.26. The summed E-state index contributed by atoms with van der Waals surface area (Å²) in [6.07, 6.45) is 3.45. The van der Waals surface area contributed by atoms with Crippen LogP contribution in [0.25, 0.3) is 10.6 Å². The molecule has 1 amide bonds. The van der Waals surface area contributed by atoms with Gasteiger partial charge in [-0.1, -0.05) is 17.3 Å². The molecule has 1 unspecified atom stereocenters. The second-order valence-electron chi connectivity index (χ2n) is 6.80. The van der Waals surface area contributed by atoms with Gasteiger partial charge in [0.1, 0.15) is 6.61 Å². The topological polar surface area (TPSA) is 86.5 Å². The minimum absolute atomic E-state index is 0.236. The molecule has 0 saturated heterocycles. The van der Waals surface area contributed by atoms with Crippen LogP contribution in [0, 0.1) is 0 Å². The van der Waals surface area contributed by atoms with E-state index in [4.69, 9.17) is 14.0 Å². The van der Waals surface area contributed by atoms with Crippen LogP contribution in [-0.4, -0.2) is 23.2 Å². The summed E-state index contributed by atoms with van der Waals surface area (Å²) in [6, 6.07) is 14.6. The molecule has 1 N–H and O–H groups in total. The van der Waals surface area contributed by atoms with Crippen molar-refractivity contribution in [3.63, 3.8) is 0 Å². The lowest BCUT2D eigenvalue weighted by atomic mass is 10.1. The van der Waals surface area contributed by atoms with Gasteiger partial charge in [0.05, 0.1) is 18.0 Å². The Hall–Kier alpha value is -3.65. The van der Waals surface area contributed by atoms with Crippen molar-refractivity contribution < 1.29 is 18.8 Å². The van der Waals surface area contributed by atoms with Crippen molar-refractivity contribution in [2.75, 3.05) is 7.11 Å². The van der Waals surface area contributed by atoms with E-state index in [1.165, 1.54) is 11.3 Å². The summed E-state index contributed by atoms with van der Waals surface area (Å²) < 4.78 is 16.7. The summed E-state index contributed by atoms with van der Waals surface area (Å²) in [4.78, 5) is 17.5. The van der Waals surface area contributed by atoms with Crippen molar-refractivity contribution in [1.29, 1.82) is 0 Å². The molecule has 3 heterocycles. The predicted molar refractivity (Wildman–Crippen MR) is 117 cm³/mol. The fraction of sp³-hybridized carbons (Fsp3) is 0.174. The summed E-state index contributed by atoms with van der Waals surface area (Å²) in [5.41, 5.74) is 2.12. The van der Waals surface area contributed by atoms with Gasteiger partial charge in [-0.05, 0) is 53.8 Å². The Morgan fingerprint density at radius 1 is 1.16 bits per heavy atom. The van der Waals surface area contributed by atoms with E-state index < -0.39 is 0 Å². The zero-order valence-electron chi connectivity index (χ0n) is 17.1. The first-order chi connectivity index (χ1) is 15.1. The molecule has 0 aliphatic rings. The van der Waals surface area contributed by atoms with Gasteiger partial charge in [-0.15, -0.1) is 11.3 Å². The number of nitrogens with zero attached hydrogens (tertiary/aromatic N) is 2. The fourth-order valence-electron chi connectivity index (χ4n) is 2.98.